The first-order valence-electron chi connectivity index (χ1n) is 7.17. The van der Waals surface area contributed by atoms with Crippen molar-refractivity contribution in [3.63, 3.8) is 0 Å². The maximum absolute atomic E-state index is 13.8. The zero-order valence-electron chi connectivity index (χ0n) is 12.1. The lowest BCUT2D eigenvalue weighted by Crippen LogP contribution is -1.95. The van der Waals surface area contributed by atoms with Gasteiger partial charge in [0.2, 0.25) is 0 Å². The highest BCUT2D eigenvalue weighted by Gasteiger charge is 2.11. The van der Waals surface area contributed by atoms with E-state index in [1.807, 2.05) is 41.1 Å². The van der Waals surface area contributed by atoms with Crippen molar-refractivity contribution in [3.05, 3.63) is 72.5 Å². The monoisotopic (exact) mass is 308 g/mol. The Morgan fingerprint density at radius 1 is 1.09 bits per heavy atom. The van der Waals surface area contributed by atoms with E-state index < -0.39 is 5.82 Å². The Bertz CT molecular complexity index is 974. The summed E-state index contributed by atoms with van der Waals surface area (Å²) < 4.78 is 21.1. The average molecular weight is 308 g/mol. The van der Waals surface area contributed by atoms with E-state index in [2.05, 4.69) is 4.98 Å². The molecular weight excluding hydrogens is 295 g/mol. The normalized spacial score (nSPS) is 11.2. The van der Waals surface area contributed by atoms with Crippen LogP contribution in [0.3, 0.4) is 0 Å². The van der Waals surface area contributed by atoms with Crippen molar-refractivity contribution in [2.75, 3.05) is 0 Å². The molecule has 0 aliphatic heterocycles. The van der Waals surface area contributed by atoms with Gasteiger partial charge in [-0.3, -0.25) is 0 Å². The Balaban J connectivity index is 1.85. The van der Waals surface area contributed by atoms with Gasteiger partial charge in [0.1, 0.15) is 17.2 Å². The number of benzene rings is 1. The van der Waals surface area contributed by atoms with Crippen molar-refractivity contribution in [2.45, 2.75) is 6.61 Å². The van der Waals surface area contributed by atoms with Crippen LogP contribution >= 0.6 is 0 Å². The molecule has 4 rings (SSSR count). The van der Waals surface area contributed by atoms with Gasteiger partial charge in [0.25, 0.3) is 0 Å². The van der Waals surface area contributed by atoms with Gasteiger partial charge in [0.15, 0.2) is 5.76 Å². The van der Waals surface area contributed by atoms with Crippen LogP contribution in [0.4, 0.5) is 4.39 Å². The van der Waals surface area contributed by atoms with Crippen molar-refractivity contribution in [2.24, 2.45) is 0 Å². The van der Waals surface area contributed by atoms with E-state index in [1.54, 1.807) is 18.4 Å². The lowest BCUT2D eigenvalue weighted by atomic mass is 10.0. The van der Waals surface area contributed by atoms with E-state index in [4.69, 9.17) is 4.42 Å². The molecule has 0 amide bonds. The summed E-state index contributed by atoms with van der Waals surface area (Å²) >= 11 is 0. The molecule has 5 heteroatoms. The Morgan fingerprint density at radius 2 is 2.00 bits per heavy atom. The third kappa shape index (κ3) is 2.31. The fourth-order valence-electron chi connectivity index (χ4n) is 2.68. The second kappa shape index (κ2) is 5.37. The molecular formula is C18H13FN2O2. The van der Waals surface area contributed by atoms with Crippen LogP contribution in [0.25, 0.3) is 28.2 Å². The summed E-state index contributed by atoms with van der Waals surface area (Å²) in [6.07, 6.45) is 5.32. The quantitative estimate of drug-likeness (QED) is 0.624. The SMILES string of the molecule is OCc1c(F)cccc1-c1ccc2nc(-c3ccco3)cn2c1. The van der Waals surface area contributed by atoms with Gasteiger partial charge >= 0.3 is 0 Å². The molecule has 0 fully saturated rings. The lowest BCUT2D eigenvalue weighted by molar-refractivity contribution is 0.276. The van der Waals surface area contributed by atoms with Crippen LogP contribution in [0, 0.1) is 5.82 Å². The molecule has 0 radical (unpaired) electrons. The first-order valence-corrected chi connectivity index (χ1v) is 7.17. The number of halogens is 1. The summed E-state index contributed by atoms with van der Waals surface area (Å²) in [5, 5.41) is 9.43. The molecule has 114 valence electrons. The standard InChI is InChI=1S/C18H13FN2O2/c19-15-4-1-3-13(14(15)11-22)12-6-7-18-20-16(10-21(18)9-12)17-5-2-8-23-17/h1-10,22H,11H2. The van der Waals surface area contributed by atoms with Crippen LogP contribution in [0.15, 0.2) is 65.5 Å². The number of rotatable bonds is 3. The molecule has 0 bridgehead atoms. The van der Waals surface area contributed by atoms with E-state index in [-0.39, 0.29) is 6.61 Å². The van der Waals surface area contributed by atoms with Crippen molar-refractivity contribution in [3.8, 4) is 22.6 Å². The number of aliphatic hydroxyl groups excluding tert-OH is 1. The van der Waals surface area contributed by atoms with Crippen LogP contribution in [0.1, 0.15) is 5.56 Å². The third-order valence-corrected chi connectivity index (χ3v) is 3.81. The molecule has 3 heterocycles. The summed E-state index contributed by atoms with van der Waals surface area (Å²) in [6, 6.07) is 12.1. The maximum atomic E-state index is 13.8. The minimum absolute atomic E-state index is 0.290. The van der Waals surface area contributed by atoms with Gasteiger partial charge < -0.3 is 13.9 Å². The number of pyridine rings is 1. The molecule has 23 heavy (non-hydrogen) atoms. The van der Waals surface area contributed by atoms with Crippen molar-refractivity contribution in [1.82, 2.24) is 9.38 Å². The fraction of sp³-hybridized carbons (Fsp3) is 0.0556. The molecule has 1 N–H and O–H groups in total. The summed E-state index contributed by atoms with van der Waals surface area (Å²) in [7, 11) is 0. The molecule has 0 aliphatic rings. The predicted octanol–water partition coefficient (Wildman–Crippen LogP) is 3.89. The van der Waals surface area contributed by atoms with Gasteiger partial charge in [-0.25, -0.2) is 9.37 Å². The predicted molar refractivity (Wildman–Crippen MR) is 84.2 cm³/mol. The molecule has 0 saturated carbocycles. The molecule has 3 aromatic heterocycles. The lowest BCUT2D eigenvalue weighted by Gasteiger charge is -2.09. The number of furan rings is 1. The summed E-state index contributed by atoms with van der Waals surface area (Å²) in [5.41, 5.74) is 3.26. The molecule has 0 saturated heterocycles. The van der Waals surface area contributed by atoms with Gasteiger partial charge in [-0.1, -0.05) is 12.1 Å². The van der Waals surface area contributed by atoms with Gasteiger partial charge in [0, 0.05) is 18.0 Å². The second-order valence-corrected chi connectivity index (χ2v) is 5.21. The van der Waals surface area contributed by atoms with Gasteiger partial charge in [0.05, 0.1) is 12.9 Å². The van der Waals surface area contributed by atoms with E-state index >= 15 is 0 Å². The van der Waals surface area contributed by atoms with Crippen molar-refractivity contribution in [1.29, 1.82) is 0 Å². The Hall–Kier alpha value is -2.92. The first-order chi connectivity index (χ1) is 11.3. The molecule has 0 unspecified atom stereocenters. The van der Waals surface area contributed by atoms with E-state index in [9.17, 15) is 9.50 Å². The average Bonchev–Trinajstić information content (AvgIpc) is 3.22. The Labute approximate surface area is 131 Å². The summed E-state index contributed by atoms with van der Waals surface area (Å²) in [5.74, 6) is 0.282. The first kappa shape index (κ1) is 13.7. The molecule has 0 aliphatic carbocycles. The molecule has 4 aromatic rings. The number of hydrogen-bond acceptors (Lipinski definition) is 3. The maximum Gasteiger partial charge on any atom is 0.153 e. The number of fused-ring (bicyclic) bond motifs is 1. The molecule has 1 aromatic carbocycles. The Morgan fingerprint density at radius 3 is 2.78 bits per heavy atom. The number of imidazole rings is 1. The molecule has 4 nitrogen and oxygen atoms in total. The fourth-order valence-corrected chi connectivity index (χ4v) is 2.68. The number of aliphatic hydroxyl groups is 1. The minimum atomic E-state index is -0.410. The molecule has 0 spiro atoms. The third-order valence-electron chi connectivity index (χ3n) is 3.81. The van der Waals surface area contributed by atoms with Crippen LogP contribution in [0.2, 0.25) is 0 Å². The van der Waals surface area contributed by atoms with Crippen molar-refractivity contribution < 1.29 is 13.9 Å². The smallest absolute Gasteiger partial charge is 0.153 e. The minimum Gasteiger partial charge on any atom is -0.463 e. The summed E-state index contributed by atoms with van der Waals surface area (Å²) in [4.78, 5) is 4.50. The van der Waals surface area contributed by atoms with Gasteiger partial charge in [-0.2, -0.15) is 0 Å². The van der Waals surface area contributed by atoms with Crippen molar-refractivity contribution >= 4 is 5.65 Å². The zero-order chi connectivity index (χ0) is 15.8. The topological polar surface area (TPSA) is 50.7 Å². The highest BCUT2D eigenvalue weighted by Crippen LogP contribution is 2.27. The summed E-state index contributed by atoms with van der Waals surface area (Å²) in [6.45, 7) is -0.346. The van der Waals surface area contributed by atoms with E-state index in [1.165, 1.54) is 6.07 Å². The van der Waals surface area contributed by atoms with Crippen LogP contribution in [-0.4, -0.2) is 14.5 Å². The largest absolute Gasteiger partial charge is 0.463 e. The zero-order valence-corrected chi connectivity index (χ0v) is 12.1. The highest BCUT2D eigenvalue weighted by molar-refractivity contribution is 5.69. The van der Waals surface area contributed by atoms with Crippen LogP contribution in [-0.2, 0) is 6.61 Å². The van der Waals surface area contributed by atoms with E-state index in [0.29, 0.717) is 16.9 Å². The number of aromatic nitrogens is 2. The van der Waals surface area contributed by atoms with Crippen LogP contribution < -0.4 is 0 Å². The Kier molecular flexibility index (Phi) is 3.20. The van der Waals surface area contributed by atoms with E-state index in [0.717, 1.165) is 16.9 Å². The number of hydrogen-bond donors (Lipinski definition) is 1. The second-order valence-electron chi connectivity index (χ2n) is 5.21. The van der Waals surface area contributed by atoms with Crippen LogP contribution in [0.5, 0.6) is 0 Å². The molecule has 0 atom stereocenters. The number of nitrogens with zero attached hydrogens (tertiary/aromatic N) is 2. The highest BCUT2D eigenvalue weighted by atomic mass is 19.1. The van der Waals surface area contributed by atoms with Gasteiger partial charge in [-0.05, 0) is 41.5 Å². The van der Waals surface area contributed by atoms with Gasteiger partial charge in [-0.15, -0.1) is 0 Å².